The van der Waals surface area contributed by atoms with E-state index in [2.05, 4.69) is 45.0 Å². The van der Waals surface area contributed by atoms with Crippen molar-refractivity contribution in [1.82, 2.24) is 15.1 Å². The number of hydrogen-bond acceptors (Lipinski definition) is 2. The van der Waals surface area contributed by atoms with Crippen molar-refractivity contribution in [2.24, 2.45) is 10.8 Å². The summed E-state index contributed by atoms with van der Waals surface area (Å²) in [5, 5.41) is 8.89. The second-order valence-electron chi connectivity index (χ2n) is 6.42. The van der Waals surface area contributed by atoms with Gasteiger partial charge in [0, 0.05) is 19.1 Å². The third-order valence-corrected chi connectivity index (χ3v) is 5.44. The molecule has 1 fully saturated rings. The van der Waals surface area contributed by atoms with Crippen LogP contribution in [-0.4, -0.2) is 15.8 Å². The van der Waals surface area contributed by atoms with E-state index in [0.717, 1.165) is 29.5 Å². The molecule has 0 spiro atoms. The average molecular weight is 270 g/mol. The van der Waals surface area contributed by atoms with E-state index in [-0.39, 0.29) is 0 Å². The predicted octanol–water partition coefficient (Wildman–Crippen LogP) is 3.39. The second-order valence-corrected chi connectivity index (χ2v) is 6.80. The Hall–Kier alpha value is -0.540. The zero-order valence-electron chi connectivity index (χ0n) is 12.3. The van der Waals surface area contributed by atoms with E-state index in [9.17, 15) is 0 Å². The summed E-state index contributed by atoms with van der Waals surface area (Å²) >= 11 is 6.32. The number of hydrogen-bond donors (Lipinski definition) is 1. The maximum Gasteiger partial charge on any atom is 0.0860 e. The molecule has 2 rings (SSSR count). The molecule has 1 N–H and O–H groups in total. The van der Waals surface area contributed by atoms with E-state index in [1.54, 1.807) is 0 Å². The first kappa shape index (κ1) is 13.9. The first-order chi connectivity index (χ1) is 8.23. The molecule has 0 atom stereocenters. The number of rotatable bonds is 4. The molecule has 0 unspecified atom stereocenters. The molecule has 4 heteroatoms. The summed E-state index contributed by atoms with van der Waals surface area (Å²) in [7, 11) is 0. The third kappa shape index (κ3) is 1.88. The van der Waals surface area contributed by atoms with Gasteiger partial charge >= 0.3 is 0 Å². The molecule has 0 radical (unpaired) electrons. The van der Waals surface area contributed by atoms with Crippen LogP contribution in [0.4, 0.5) is 0 Å². The highest BCUT2D eigenvalue weighted by Gasteiger charge is 2.64. The van der Waals surface area contributed by atoms with Crippen LogP contribution in [0.15, 0.2) is 0 Å². The van der Waals surface area contributed by atoms with Gasteiger partial charge in [-0.2, -0.15) is 5.10 Å². The average Bonchev–Trinajstić information content (AvgIpc) is 2.52. The molecule has 3 nitrogen and oxygen atoms in total. The number of nitrogens with zero attached hydrogens (tertiary/aromatic N) is 2. The Morgan fingerprint density at radius 3 is 2.28 bits per heavy atom. The van der Waals surface area contributed by atoms with Crippen molar-refractivity contribution in [2.45, 2.75) is 60.7 Å². The van der Waals surface area contributed by atoms with Gasteiger partial charge in [0.15, 0.2) is 0 Å². The van der Waals surface area contributed by atoms with Crippen molar-refractivity contribution in [3.63, 3.8) is 0 Å². The molecule has 1 aliphatic rings. The van der Waals surface area contributed by atoms with Gasteiger partial charge in [-0.25, -0.2) is 0 Å². The highest BCUT2D eigenvalue weighted by Crippen LogP contribution is 2.62. The fourth-order valence-corrected chi connectivity index (χ4v) is 3.15. The largest absolute Gasteiger partial charge is 0.307 e. The van der Waals surface area contributed by atoms with Crippen LogP contribution in [0.2, 0.25) is 5.02 Å². The Bertz CT molecular complexity index is 446. The van der Waals surface area contributed by atoms with Gasteiger partial charge in [-0.05, 0) is 24.7 Å². The maximum absolute atomic E-state index is 6.32. The van der Waals surface area contributed by atoms with Crippen molar-refractivity contribution < 1.29 is 0 Å². The van der Waals surface area contributed by atoms with Gasteiger partial charge in [-0.1, -0.05) is 39.3 Å². The molecule has 18 heavy (non-hydrogen) atoms. The lowest BCUT2D eigenvalue weighted by molar-refractivity contribution is 0.457. The van der Waals surface area contributed by atoms with Crippen LogP contribution in [0.3, 0.4) is 0 Å². The number of halogens is 1. The molecular weight excluding hydrogens is 246 g/mol. The summed E-state index contributed by atoms with van der Waals surface area (Å²) in [5.74, 6) is 0. The van der Waals surface area contributed by atoms with E-state index < -0.39 is 0 Å². The topological polar surface area (TPSA) is 29.9 Å². The quantitative estimate of drug-likeness (QED) is 0.908. The Kier molecular flexibility index (Phi) is 3.27. The van der Waals surface area contributed by atoms with E-state index in [1.807, 2.05) is 11.6 Å². The van der Waals surface area contributed by atoms with Gasteiger partial charge in [-0.3, -0.25) is 4.68 Å². The van der Waals surface area contributed by atoms with Crippen LogP contribution < -0.4 is 5.32 Å². The summed E-state index contributed by atoms with van der Waals surface area (Å²) in [6, 6.07) is 0.543. The van der Waals surface area contributed by atoms with Gasteiger partial charge in [0.1, 0.15) is 0 Å². The summed E-state index contributed by atoms with van der Waals surface area (Å²) in [6.45, 7) is 15.0. The molecule has 0 bridgehead atoms. The van der Waals surface area contributed by atoms with Crippen LogP contribution in [0.5, 0.6) is 0 Å². The number of nitrogens with one attached hydrogen (secondary N) is 1. The summed E-state index contributed by atoms with van der Waals surface area (Å²) < 4.78 is 1.99. The second kappa shape index (κ2) is 4.24. The monoisotopic (exact) mass is 269 g/mol. The summed E-state index contributed by atoms with van der Waals surface area (Å²) in [4.78, 5) is 0. The van der Waals surface area contributed by atoms with E-state index >= 15 is 0 Å². The SMILES string of the molecule is CCn1nc(C)c(Cl)c1CNC1C(C)(C)C1(C)C. The fourth-order valence-electron chi connectivity index (χ4n) is 2.94. The Labute approximate surface area is 115 Å². The Morgan fingerprint density at radius 2 is 1.83 bits per heavy atom. The van der Waals surface area contributed by atoms with E-state index in [4.69, 9.17) is 11.6 Å². The lowest BCUT2D eigenvalue weighted by Crippen LogP contribution is -2.23. The minimum atomic E-state index is 0.353. The van der Waals surface area contributed by atoms with Gasteiger partial charge in [-0.15, -0.1) is 0 Å². The van der Waals surface area contributed by atoms with Crippen LogP contribution >= 0.6 is 11.6 Å². The zero-order chi connectivity index (χ0) is 13.7. The third-order valence-electron chi connectivity index (χ3n) is 4.95. The van der Waals surface area contributed by atoms with Gasteiger partial charge in [0.05, 0.1) is 16.4 Å². The molecule has 102 valence electrons. The molecule has 0 aliphatic heterocycles. The molecule has 1 saturated carbocycles. The van der Waals surface area contributed by atoms with E-state index in [0.29, 0.717) is 16.9 Å². The smallest absolute Gasteiger partial charge is 0.0860 e. The molecule has 1 aliphatic carbocycles. The first-order valence-corrected chi connectivity index (χ1v) is 7.06. The standard InChI is InChI=1S/C14H24ClN3/c1-7-18-10(11(15)9(2)17-18)8-16-12-13(3,4)14(12,5)6/h12,16H,7-8H2,1-6H3. The van der Waals surface area contributed by atoms with Crippen LogP contribution in [0, 0.1) is 17.8 Å². The van der Waals surface area contributed by atoms with Gasteiger partial charge in [0.2, 0.25) is 0 Å². The van der Waals surface area contributed by atoms with Crippen LogP contribution in [0.1, 0.15) is 46.0 Å². The van der Waals surface area contributed by atoms with Crippen molar-refractivity contribution in [1.29, 1.82) is 0 Å². The van der Waals surface area contributed by atoms with Gasteiger partial charge in [0.25, 0.3) is 0 Å². The molecule has 1 aromatic heterocycles. The zero-order valence-corrected chi connectivity index (χ0v) is 13.0. The lowest BCUT2D eigenvalue weighted by Gasteiger charge is -2.09. The molecule has 1 heterocycles. The predicted molar refractivity (Wildman–Crippen MR) is 75.8 cm³/mol. The molecule has 1 aromatic rings. The van der Waals surface area contributed by atoms with E-state index in [1.165, 1.54) is 0 Å². The van der Waals surface area contributed by atoms with Crippen molar-refractivity contribution in [3.05, 3.63) is 16.4 Å². The normalized spacial score (nSPS) is 21.3. The number of aryl methyl sites for hydroxylation is 2. The van der Waals surface area contributed by atoms with Crippen LogP contribution in [-0.2, 0) is 13.1 Å². The molecule has 0 aromatic carbocycles. The maximum atomic E-state index is 6.32. The highest BCUT2D eigenvalue weighted by atomic mass is 35.5. The highest BCUT2D eigenvalue weighted by molar-refractivity contribution is 6.31. The van der Waals surface area contributed by atoms with Crippen molar-refractivity contribution in [3.8, 4) is 0 Å². The molecule has 0 amide bonds. The Morgan fingerprint density at radius 1 is 1.28 bits per heavy atom. The lowest BCUT2D eigenvalue weighted by atomic mass is 10.0. The minimum Gasteiger partial charge on any atom is -0.307 e. The number of aromatic nitrogens is 2. The molecule has 0 saturated heterocycles. The Balaban J connectivity index is 2.09. The fraction of sp³-hybridized carbons (Fsp3) is 0.786. The minimum absolute atomic E-state index is 0.353. The van der Waals surface area contributed by atoms with Crippen molar-refractivity contribution in [2.75, 3.05) is 0 Å². The van der Waals surface area contributed by atoms with Crippen molar-refractivity contribution >= 4 is 11.6 Å². The summed E-state index contributed by atoms with van der Waals surface area (Å²) in [6.07, 6.45) is 0. The van der Waals surface area contributed by atoms with Gasteiger partial charge < -0.3 is 5.32 Å². The first-order valence-electron chi connectivity index (χ1n) is 6.68. The van der Waals surface area contributed by atoms with Crippen LogP contribution in [0.25, 0.3) is 0 Å². The summed E-state index contributed by atoms with van der Waals surface area (Å²) in [5.41, 5.74) is 2.73. The molecular formula is C14H24ClN3.